The standard InChI is InChI=1S/2C5H10N2O3.2C5H9NO2.2C2H5NO2/c2*6-3(5(9)10)1-2-4(7)8;2*7-5(8)4-2-1-3-6-4;2*3-1-2(4)5/h2*3H,1-2,6H2,(H2,7,8)(H,9,10);2*4,6H,1-3H2,(H,7,8);2*1,3H2,(H,4,5)/t2*3-;2*4-;;/m0000../s1. The van der Waals surface area contributed by atoms with Crippen molar-refractivity contribution in [3.63, 3.8) is 0 Å². The van der Waals surface area contributed by atoms with Crippen LogP contribution in [-0.4, -0.2) is 129 Å². The summed E-state index contributed by atoms with van der Waals surface area (Å²) in [4.78, 5) is 79.0. The molecule has 0 aromatic heterocycles. The first-order chi connectivity index (χ1) is 21.2. The van der Waals surface area contributed by atoms with E-state index in [9.17, 15) is 38.4 Å². The van der Waals surface area contributed by atoms with E-state index in [0.29, 0.717) is 0 Å². The zero-order valence-corrected chi connectivity index (χ0v) is 25.2. The number of aliphatic carboxylic acids is 6. The Balaban J connectivity index is -0.000000234. The van der Waals surface area contributed by atoms with Gasteiger partial charge in [-0.3, -0.25) is 38.4 Å². The molecule has 0 aromatic rings. The van der Waals surface area contributed by atoms with Crippen molar-refractivity contribution in [3.05, 3.63) is 0 Å². The summed E-state index contributed by atoms with van der Waals surface area (Å²) in [7, 11) is 0. The zero-order valence-electron chi connectivity index (χ0n) is 25.2. The molecule has 4 atom stereocenters. The van der Waals surface area contributed by atoms with Crippen molar-refractivity contribution in [2.45, 2.75) is 75.5 Å². The Hall–Kier alpha value is -4.48. The summed E-state index contributed by atoms with van der Waals surface area (Å²) in [6.45, 7) is 1.16. The van der Waals surface area contributed by atoms with E-state index in [2.05, 4.69) is 22.1 Å². The summed E-state index contributed by atoms with van der Waals surface area (Å²) in [6, 6.07) is -2.50. The summed E-state index contributed by atoms with van der Waals surface area (Å²) in [6.07, 6.45) is 3.81. The summed E-state index contributed by atoms with van der Waals surface area (Å²) in [5, 5.41) is 54.0. The summed E-state index contributed by atoms with van der Waals surface area (Å²) in [5.41, 5.74) is 28.8. The molecule has 46 heavy (non-hydrogen) atoms. The molecule has 0 aromatic carbocycles. The van der Waals surface area contributed by atoms with Crippen molar-refractivity contribution in [2.24, 2.45) is 34.4 Å². The number of carbonyl (C=O) groups is 8. The minimum absolute atomic E-state index is 0.0213. The van der Waals surface area contributed by atoms with Gasteiger partial charge in [0.25, 0.3) is 0 Å². The maximum absolute atomic E-state index is 10.1. The fourth-order valence-electron chi connectivity index (χ4n) is 2.63. The predicted octanol–water partition coefficient (Wildman–Crippen LogP) is -4.97. The van der Waals surface area contributed by atoms with Gasteiger partial charge in [0.15, 0.2) is 0 Å². The Morgan fingerprint density at radius 3 is 0.957 bits per heavy atom. The second kappa shape index (κ2) is 30.5. The first-order valence-electron chi connectivity index (χ1n) is 13.5. The molecule has 20 N–H and O–H groups in total. The molecule has 0 bridgehead atoms. The monoisotopic (exact) mass is 672 g/mol. The number of hydrogen-bond acceptors (Lipinski definition) is 14. The van der Waals surface area contributed by atoms with Gasteiger partial charge in [-0.1, -0.05) is 0 Å². The van der Waals surface area contributed by atoms with E-state index in [1.54, 1.807) is 0 Å². The highest BCUT2D eigenvalue weighted by Gasteiger charge is 2.21. The Labute approximate surface area is 263 Å². The van der Waals surface area contributed by atoms with Crippen molar-refractivity contribution in [3.8, 4) is 0 Å². The summed E-state index contributed by atoms with van der Waals surface area (Å²) >= 11 is 0. The largest absolute Gasteiger partial charge is 0.480 e. The van der Waals surface area contributed by atoms with Gasteiger partial charge in [0, 0.05) is 12.8 Å². The average molecular weight is 673 g/mol. The third-order valence-corrected chi connectivity index (χ3v) is 5.10. The van der Waals surface area contributed by atoms with E-state index in [0.717, 1.165) is 38.8 Å². The lowest BCUT2D eigenvalue weighted by molar-refractivity contribution is -0.140. The average Bonchev–Trinajstić information content (AvgIpc) is 3.71. The molecule has 0 radical (unpaired) electrons. The lowest BCUT2D eigenvalue weighted by Gasteiger charge is -2.01. The van der Waals surface area contributed by atoms with Gasteiger partial charge in [0.2, 0.25) is 11.8 Å². The van der Waals surface area contributed by atoms with Crippen LogP contribution in [0.5, 0.6) is 0 Å². The van der Waals surface area contributed by atoms with E-state index in [-0.39, 0.29) is 50.9 Å². The number of rotatable bonds is 12. The van der Waals surface area contributed by atoms with Crippen LogP contribution in [0.2, 0.25) is 0 Å². The van der Waals surface area contributed by atoms with Crippen LogP contribution in [0.4, 0.5) is 0 Å². The van der Waals surface area contributed by atoms with Gasteiger partial charge in [-0.05, 0) is 51.6 Å². The topological polar surface area (TPSA) is 438 Å². The number of nitrogens with two attached hydrogens (primary N) is 6. The van der Waals surface area contributed by atoms with Gasteiger partial charge in [0.1, 0.15) is 24.2 Å². The number of primary amides is 2. The molecule has 2 heterocycles. The Morgan fingerprint density at radius 2 is 0.848 bits per heavy atom. The van der Waals surface area contributed by atoms with Crippen LogP contribution >= 0.6 is 0 Å². The molecule has 2 fully saturated rings. The first-order valence-corrected chi connectivity index (χ1v) is 13.5. The van der Waals surface area contributed by atoms with Crippen LogP contribution in [0, 0.1) is 0 Å². The minimum atomic E-state index is -1.11. The van der Waals surface area contributed by atoms with Crippen molar-refractivity contribution < 1.29 is 69.0 Å². The number of amides is 2. The maximum atomic E-state index is 10.1. The van der Waals surface area contributed by atoms with Crippen LogP contribution in [0.15, 0.2) is 0 Å². The molecule has 22 heteroatoms. The fraction of sp³-hybridized carbons (Fsp3) is 0.667. The Bertz CT molecular complexity index is 868. The highest BCUT2D eigenvalue weighted by molar-refractivity contribution is 5.77. The van der Waals surface area contributed by atoms with E-state index < -0.39 is 59.7 Å². The van der Waals surface area contributed by atoms with Crippen molar-refractivity contribution in [1.82, 2.24) is 10.6 Å². The second-order valence-corrected chi connectivity index (χ2v) is 9.07. The molecule has 0 aliphatic carbocycles. The van der Waals surface area contributed by atoms with Crippen molar-refractivity contribution in [1.29, 1.82) is 0 Å². The highest BCUT2D eigenvalue weighted by atomic mass is 16.4. The molecule has 0 saturated carbocycles. The zero-order chi connectivity index (χ0) is 36.8. The molecule has 268 valence electrons. The number of carboxylic acids is 6. The van der Waals surface area contributed by atoms with Gasteiger partial charge in [-0.15, -0.1) is 0 Å². The normalized spacial score (nSPS) is 16.9. The number of carbonyl (C=O) groups excluding carboxylic acids is 2. The summed E-state index contributed by atoms with van der Waals surface area (Å²) < 4.78 is 0. The maximum Gasteiger partial charge on any atom is 0.320 e. The lowest BCUT2D eigenvalue weighted by Crippen LogP contribution is -2.31. The van der Waals surface area contributed by atoms with Gasteiger partial charge < -0.3 is 75.7 Å². The third-order valence-electron chi connectivity index (χ3n) is 5.10. The number of hydrogen-bond donors (Lipinski definition) is 14. The van der Waals surface area contributed by atoms with Gasteiger partial charge in [-0.25, -0.2) is 0 Å². The van der Waals surface area contributed by atoms with Crippen LogP contribution < -0.4 is 45.0 Å². The Kier molecular flexibility index (Phi) is 32.2. The summed E-state index contributed by atoms with van der Waals surface area (Å²) in [5.74, 6) is -6.66. The molecule has 2 aliphatic heterocycles. The van der Waals surface area contributed by atoms with E-state index in [1.807, 2.05) is 0 Å². The SMILES string of the molecule is NC(=O)CC[C@H](N)C(=O)O.NC(=O)CC[C@H](N)C(=O)O.NCC(=O)O.NCC(=O)O.O=C(O)[C@@H]1CCCN1.O=C(O)[C@@H]1CCCN1. The van der Waals surface area contributed by atoms with E-state index in [1.165, 1.54) is 0 Å². The van der Waals surface area contributed by atoms with E-state index in [4.69, 9.17) is 53.6 Å². The van der Waals surface area contributed by atoms with Gasteiger partial charge in [-0.2, -0.15) is 0 Å². The van der Waals surface area contributed by atoms with Gasteiger partial charge in [0.05, 0.1) is 13.1 Å². The second-order valence-electron chi connectivity index (χ2n) is 9.07. The van der Waals surface area contributed by atoms with Crippen molar-refractivity contribution >= 4 is 47.6 Å². The molecule has 2 aliphatic rings. The highest BCUT2D eigenvalue weighted by Crippen LogP contribution is 2.04. The predicted molar refractivity (Wildman–Crippen MR) is 159 cm³/mol. The quantitative estimate of drug-likeness (QED) is 0.0922. The van der Waals surface area contributed by atoms with Gasteiger partial charge >= 0.3 is 35.8 Å². The van der Waals surface area contributed by atoms with Crippen molar-refractivity contribution in [2.75, 3.05) is 26.2 Å². The molecule has 0 spiro atoms. The molecule has 2 rings (SSSR count). The lowest BCUT2D eigenvalue weighted by atomic mass is 10.2. The first kappa shape index (κ1) is 48.4. The minimum Gasteiger partial charge on any atom is -0.480 e. The number of carboxylic acid groups (broad SMARTS) is 6. The van der Waals surface area contributed by atoms with Crippen LogP contribution in [0.25, 0.3) is 0 Å². The Morgan fingerprint density at radius 1 is 0.587 bits per heavy atom. The van der Waals surface area contributed by atoms with E-state index >= 15 is 0 Å². The molecule has 2 saturated heterocycles. The molecular formula is C24H48N8O14. The van der Waals surface area contributed by atoms with Crippen LogP contribution in [0.3, 0.4) is 0 Å². The van der Waals surface area contributed by atoms with Crippen LogP contribution in [0.1, 0.15) is 51.4 Å². The third kappa shape index (κ3) is 37.5. The number of nitrogens with one attached hydrogen (secondary N) is 2. The smallest absolute Gasteiger partial charge is 0.320 e. The molecule has 22 nitrogen and oxygen atoms in total. The molecule has 0 unspecified atom stereocenters. The van der Waals surface area contributed by atoms with Crippen LogP contribution in [-0.2, 0) is 38.4 Å². The fourth-order valence-corrected chi connectivity index (χ4v) is 2.63. The molecular weight excluding hydrogens is 624 g/mol. The molecule has 2 amide bonds.